The van der Waals surface area contributed by atoms with Crippen LogP contribution in [0.15, 0.2) is 10.9 Å². The molecular formula is C13H18N2O4S. The quantitative estimate of drug-likeness (QED) is 0.820. The van der Waals surface area contributed by atoms with Gasteiger partial charge in [-0.15, -0.1) is 11.3 Å². The van der Waals surface area contributed by atoms with Gasteiger partial charge in [0.25, 0.3) is 0 Å². The maximum Gasteiger partial charge on any atom is 0.326 e. The first-order valence-electron chi connectivity index (χ1n) is 6.64. The largest absolute Gasteiger partial charge is 0.480 e. The number of aromatic nitrogens is 1. The summed E-state index contributed by atoms with van der Waals surface area (Å²) in [6.07, 6.45) is 2.39. The summed E-state index contributed by atoms with van der Waals surface area (Å²) in [6, 6.07) is -0.863. The number of nitrogens with one attached hydrogen (secondary N) is 1. The van der Waals surface area contributed by atoms with Crippen molar-refractivity contribution in [3.8, 4) is 0 Å². The molecule has 2 rings (SSSR count). The van der Waals surface area contributed by atoms with E-state index in [2.05, 4.69) is 10.3 Å². The van der Waals surface area contributed by atoms with Crippen molar-refractivity contribution in [3.63, 3.8) is 0 Å². The third-order valence-corrected chi connectivity index (χ3v) is 3.98. The van der Waals surface area contributed by atoms with Crippen LogP contribution < -0.4 is 5.32 Å². The zero-order valence-electron chi connectivity index (χ0n) is 11.1. The zero-order valence-corrected chi connectivity index (χ0v) is 11.9. The molecule has 1 aromatic rings. The second-order valence-corrected chi connectivity index (χ2v) is 5.56. The van der Waals surface area contributed by atoms with E-state index in [1.807, 2.05) is 5.38 Å². The average molecular weight is 298 g/mol. The molecule has 1 saturated heterocycles. The number of carbonyl (C=O) groups excluding carboxylic acids is 1. The molecule has 0 saturated carbocycles. The van der Waals surface area contributed by atoms with Crippen LogP contribution in [0.4, 0.5) is 0 Å². The molecule has 1 aromatic heterocycles. The maximum atomic E-state index is 11.9. The number of carbonyl (C=O) groups is 2. The van der Waals surface area contributed by atoms with Gasteiger partial charge in [-0.3, -0.25) is 4.79 Å². The lowest BCUT2D eigenvalue weighted by molar-refractivity contribution is -0.145. The van der Waals surface area contributed by atoms with Crippen molar-refractivity contribution >= 4 is 23.2 Å². The van der Waals surface area contributed by atoms with Gasteiger partial charge in [-0.05, 0) is 19.3 Å². The molecule has 2 heterocycles. The van der Waals surface area contributed by atoms with E-state index in [0.717, 1.165) is 18.5 Å². The molecule has 1 aliphatic heterocycles. The Labute approximate surface area is 121 Å². The van der Waals surface area contributed by atoms with Crippen LogP contribution in [0.1, 0.15) is 25.0 Å². The van der Waals surface area contributed by atoms with Crippen molar-refractivity contribution < 1.29 is 19.4 Å². The number of aryl methyl sites for hydroxylation is 1. The molecule has 20 heavy (non-hydrogen) atoms. The van der Waals surface area contributed by atoms with E-state index in [0.29, 0.717) is 19.6 Å². The van der Waals surface area contributed by atoms with Crippen LogP contribution >= 0.6 is 11.3 Å². The molecule has 1 aliphatic rings. The van der Waals surface area contributed by atoms with Crippen LogP contribution in [0, 0.1) is 5.92 Å². The molecule has 6 nitrogen and oxygen atoms in total. The lowest BCUT2D eigenvalue weighted by atomic mass is 9.93. The van der Waals surface area contributed by atoms with Crippen molar-refractivity contribution in [1.29, 1.82) is 0 Å². The molecule has 2 atom stereocenters. The summed E-state index contributed by atoms with van der Waals surface area (Å²) >= 11 is 1.48. The van der Waals surface area contributed by atoms with Gasteiger partial charge in [0.15, 0.2) is 0 Å². The van der Waals surface area contributed by atoms with Crippen molar-refractivity contribution in [2.24, 2.45) is 5.92 Å². The highest BCUT2D eigenvalue weighted by atomic mass is 32.1. The second kappa shape index (κ2) is 7.35. The van der Waals surface area contributed by atoms with Gasteiger partial charge in [0.2, 0.25) is 5.91 Å². The van der Waals surface area contributed by atoms with E-state index in [4.69, 9.17) is 4.74 Å². The van der Waals surface area contributed by atoms with Gasteiger partial charge in [-0.25, -0.2) is 9.78 Å². The van der Waals surface area contributed by atoms with E-state index < -0.39 is 12.0 Å². The minimum Gasteiger partial charge on any atom is -0.480 e. The fourth-order valence-corrected chi connectivity index (χ4v) is 2.85. The standard InChI is InChI=1S/C13H18N2O4S/c16-11(4-3-10-7-20-8-14-10)15-12(13(17)18)9-2-1-5-19-6-9/h7-9,12H,1-6H2,(H,15,16)(H,17,18). The Morgan fingerprint density at radius 3 is 3.05 bits per heavy atom. The first-order chi connectivity index (χ1) is 9.66. The number of rotatable bonds is 6. The van der Waals surface area contributed by atoms with Crippen LogP contribution in [-0.2, 0) is 20.7 Å². The topological polar surface area (TPSA) is 88.5 Å². The normalized spacial score (nSPS) is 20.3. The number of hydrogen-bond acceptors (Lipinski definition) is 5. The highest BCUT2D eigenvalue weighted by Gasteiger charge is 2.31. The lowest BCUT2D eigenvalue weighted by Gasteiger charge is -2.28. The minimum absolute atomic E-state index is 0.149. The monoisotopic (exact) mass is 298 g/mol. The van der Waals surface area contributed by atoms with E-state index in [-0.39, 0.29) is 18.2 Å². The Kier molecular flexibility index (Phi) is 5.49. The van der Waals surface area contributed by atoms with Crippen molar-refractivity contribution in [1.82, 2.24) is 10.3 Å². The fraction of sp³-hybridized carbons (Fsp3) is 0.615. The summed E-state index contributed by atoms with van der Waals surface area (Å²) < 4.78 is 5.29. The van der Waals surface area contributed by atoms with Crippen LogP contribution in [0.3, 0.4) is 0 Å². The SMILES string of the molecule is O=C(CCc1cscn1)NC(C(=O)O)C1CCCOC1. The van der Waals surface area contributed by atoms with Gasteiger partial charge >= 0.3 is 5.97 Å². The Balaban J connectivity index is 1.83. The first kappa shape index (κ1) is 14.9. The smallest absolute Gasteiger partial charge is 0.326 e. The summed E-state index contributed by atoms with van der Waals surface area (Å²) in [5.41, 5.74) is 2.57. The number of carboxylic acids is 1. The van der Waals surface area contributed by atoms with Crippen molar-refractivity contribution in [2.45, 2.75) is 31.7 Å². The number of thiazole rings is 1. The molecule has 2 N–H and O–H groups in total. The first-order valence-corrected chi connectivity index (χ1v) is 7.58. The summed E-state index contributed by atoms with van der Waals surface area (Å²) in [5.74, 6) is -1.40. The molecule has 0 aromatic carbocycles. The van der Waals surface area contributed by atoms with Gasteiger partial charge in [0.1, 0.15) is 6.04 Å². The number of amides is 1. The maximum absolute atomic E-state index is 11.9. The molecule has 7 heteroatoms. The Morgan fingerprint density at radius 1 is 1.60 bits per heavy atom. The predicted molar refractivity (Wildman–Crippen MR) is 73.5 cm³/mol. The number of carboxylic acid groups (broad SMARTS) is 1. The number of ether oxygens (including phenoxy) is 1. The molecule has 2 unspecified atom stereocenters. The number of hydrogen-bond donors (Lipinski definition) is 2. The molecule has 0 radical (unpaired) electrons. The third-order valence-electron chi connectivity index (χ3n) is 3.34. The molecule has 110 valence electrons. The van der Waals surface area contributed by atoms with E-state index in [1.54, 1.807) is 5.51 Å². The zero-order chi connectivity index (χ0) is 14.4. The molecule has 0 spiro atoms. The van der Waals surface area contributed by atoms with Gasteiger partial charge in [-0.2, -0.15) is 0 Å². The lowest BCUT2D eigenvalue weighted by Crippen LogP contribution is -2.48. The predicted octanol–water partition coefficient (Wildman–Crippen LogP) is 1.07. The van der Waals surface area contributed by atoms with Crippen molar-refractivity contribution in [3.05, 3.63) is 16.6 Å². The number of aliphatic carboxylic acids is 1. The molecule has 1 amide bonds. The van der Waals surface area contributed by atoms with E-state index in [1.165, 1.54) is 11.3 Å². The molecular weight excluding hydrogens is 280 g/mol. The van der Waals surface area contributed by atoms with Crippen molar-refractivity contribution in [2.75, 3.05) is 13.2 Å². The Morgan fingerprint density at radius 2 is 2.45 bits per heavy atom. The molecule has 0 bridgehead atoms. The highest BCUT2D eigenvalue weighted by molar-refractivity contribution is 7.07. The van der Waals surface area contributed by atoms with E-state index in [9.17, 15) is 14.7 Å². The highest BCUT2D eigenvalue weighted by Crippen LogP contribution is 2.18. The van der Waals surface area contributed by atoms with Crippen LogP contribution in [0.2, 0.25) is 0 Å². The van der Waals surface area contributed by atoms with Gasteiger partial charge in [0.05, 0.1) is 17.8 Å². The second-order valence-electron chi connectivity index (χ2n) is 4.84. The van der Waals surface area contributed by atoms with Crippen LogP contribution in [0.5, 0.6) is 0 Å². The summed E-state index contributed by atoms with van der Waals surface area (Å²) in [6.45, 7) is 1.06. The summed E-state index contributed by atoms with van der Waals surface area (Å²) in [4.78, 5) is 27.2. The summed E-state index contributed by atoms with van der Waals surface area (Å²) in [5, 5.41) is 13.7. The fourth-order valence-electron chi connectivity index (χ4n) is 2.26. The van der Waals surface area contributed by atoms with Crippen LogP contribution in [0.25, 0.3) is 0 Å². The summed E-state index contributed by atoms with van der Waals surface area (Å²) in [7, 11) is 0. The Bertz CT molecular complexity index is 443. The van der Waals surface area contributed by atoms with Crippen LogP contribution in [-0.4, -0.2) is 41.2 Å². The van der Waals surface area contributed by atoms with E-state index >= 15 is 0 Å². The molecule has 1 fully saturated rings. The Hall–Kier alpha value is -1.47. The van der Waals surface area contributed by atoms with Gasteiger partial charge in [0, 0.05) is 24.3 Å². The molecule has 0 aliphatic carbocycles. The van der Waals surface area contributed by atoms with Gasteiger partial charge < -0.3 is 15.2 Å². The third kappa shape index (κ3) is 4.28. The number of nitrogens with zero attached hydrogens (tertiary/aromatic N) is 1. The minimum atomic E-state index is -0.998. The average Bonchev–Trinajstić information content (AvgIpc) is 2.96. The van der Waals surface area contributed by atoms with Gasteiger partial charge in [-0.1, -0.05) is 0 Å².